The lowest BCUT2D eigenvalue weighted by atomic mass is 9.77. The van der Waals surface area contributed by atoms with E-state index in [-0.39, 0.29) is 0 Å². The van der Waals surface area contributed by atoms with Crippen LogP contribution in [0, 0.1) is 11.8 Å². The van der Waals surface area contributed by atoms with Gasteiger partial charge in [-0.3, -0.25) is 0 Å². The third-order valence-corrected chi connectivity index (χ3v) is 4.59. The predicted octanol–water partition coefficient (Wildman–Crippen LogP) is 2.83. The van der Waals surface area contributed by atoms with Gasteiger partial charge in [0.25, 0.3) is 0 Å². The number of para-hydroxylation sites is 1. The van der Waals surface area contributed by atoms with E-state index in [9.17, 15) is 0 Å². The van der Waals surface area contributed by atoms with Crippen LogP contribution in [0.15, 0.2) is 24.3 Å². The molecule has 0 aromatic heterocycles. The smallest absolute Gasteiger partial charge is 0.0376 e. The summed E-state index contributed by atoms with van der Waals surface area (Å²) >= 11 is 0. The third kappa shape index (κ3) is 2.06. The van der Waals surface area contributed by atoms with Crippen molar-refractivity contribution in [2.75, 3.05) is 25.0 Å². The number of anilines is 1. The van der Waals surface area contributed by atoms with Crippen LogP contribution in [0.4, 0.5) is 5.69 Å². The number of hydrogen-bond donors (Lipinski definition) is 2. The van der Waals surface area contributed by atoms with E-state index in [4.69, 9.17) is 0 Å². The van der Waals surface area contributed by atoms with Gasteiger partial charge in [-0.25, -0.2) is 0 Å². The summed E-state index contributed by atoms with van der Waals surface area (Å²) in [6.45, 7) is 5.98. The van der Waals surface area contributed by atoms with E-state index in [1.807, 2.05) is 0 Å². The zero-order valence-corrected chi connectivity index (χ0v) is 10.6. The van der Waals surface area contributed by atoms with Gasteiger partial charge in [-0.05, 0) is 49.4 Å². The number of nitrogens with one attached hydrogen (secondary N) is 2. The quantitative estimate of drug-likeness (QED) is 0.816. The fourth-order valence-electron chi connectivity index (χ4n) is 3.44. The average Bonchev–Trinajstić information content (AvgIpc) is 2.83. The first-order chi connectivity index (χ1) is 8.36. The summed E-state index contributed by atoms with van der Waals surface area (Å²) in [6, 6.07) is 8.81. The average molecular weight is 230 g/mol. The van der Waals surface area contributed by atoms with E-state index in [0.29, 0.717) is 5.92 Å². The number of benzene rings is 1. The van der Waals surface area contributed by atoms with Gasteiger partial charge in [-0.1, -0.05) is 25.1 Å². The zero-order valence-electron chi connectivity index (χ0n) is 10.6. The van der Waals surface area contributed by atoms with E-state index >= 15 is 0 Å². The maximum Gasteiger partial charge on any atom is 0.0376 e. The zero-order chi connectivity index (χ0) is 11.7. The Bertz CT molecular complexity index is 382. The Hall–Kier alpha value is -1.02. The Labute approximate surface area is 104 Å². The van der Waals surface area contributed by atoms with E-state index in [2.05, 4.69) is 41.8 Å². The summed E-state index contributed by atoms with van der Waals surface area (Å²) in [7, 11) is 0. The molecule has 0 aliphatic carbocycles. The molecular weight excluding hydrogens is 208 g/mol. The summed E-state index contributed by atoms with van der Waals surface area (Å²) in [5.74, 6) is 2.33. The van der Waals surface area contributed by atoms with Crippen molar-refractivity contribution in [1.82, 2.24) is 5.32 Å². The molecule has 1 saturated heterocycles. The lowest BCUT2D eigenvalue weighted by Crippen LogP contribution is -2.35. The van der Waals surface area contributed by atoms with Crippen molar-refractivity contribution in [3.63, 3.8) is 0 Å². The molecule has 1 fully saturated rings. The Balaban J connectivity index is 1.76. The number of hydrogen-bond acceptors (Lipinski definition) is 2. The van der Waals surface area contributed by atoms with Crippen molar-refractivity contribution in [3.05, 3.63) is 29.8 Å². The van der Waals surface area contributed by atoms with Crippen molar-refractivity contribution in [1.29, 1.82) is 0 Å². The predicted molar refractivity (Wildman–Crippen MR) is 72.4 cm³/mol. The summed E-state index contributed by atoms with van der Waals surface area (Å²) in [4.78, 5) is 0. The SMILES string of the molecule is C[C@@H](C1CNc2ccccc21)[C@H]1CCCNC1. The molecule has 3 atom stereocenters. The highest BCUT2D eigenvalue weighted by atomic mass is 14.9. The van der Waals surface area contributed by atoms with Crippen LogP contribution < -0.4 is 10.6 Å². The number of fused-ring (bicyclic) bond motifs is 1. The fourth-order valence-corrected chi connectivity index (χ4v) is 3.44. The lowest BCUT2D eigenvalue weighted by molar-refractivity contribution is 0.253. The van der Waals surface area contributed by atoms with Gasteiger partial charge >= 0.3 is 0 Å². The first kappa shape index (κ1) is 11.1. The van der Waals surface area contributed by atoms with Crippen LogP contribution >= 0.6 is 0 Å². The summed E-state index contributed by atoms with van der Waals surface area (Å²) in [5, 5.41) is 7.09. The van der Waals surface area contributed by atoms with Crippen molar-refractivity contribution >= 4 is 5.69 Å². The molecule has 2 heterocycles. The van der Waals surface area contributed by atoms with Gasteiger partial charge < -0.3 is 10.6 Å². The van der Waals surface area contributed by atoms with E-state index < -0.39 is 0 Å². The maximum absolute atomic E-state index is 3.55. The van der Waals surface area contributed by atoms with Gasteiger partial charge in [0.2, 0.25) is 0 Å². The van der Waals surface area contributed by atoms with Crippen LogP contribution in [0.25, 0.3) is 0 Å². The van der Waals surface area contributed by atoms with Crippen LogP contribution in [0.5, 0.6) is 0 Å². The van der Waals surface area contributed by atoms with Crippen molar-refractivity contribution in [2.24, 2.45) is 11.8 Å². The van der Waals surface area contributed by atoms with E-state index in [0.717, 1.165) is 18.4 Å². The van der Waals surface area contributed by atoms with Gasteiger partial charge in [0.05, 0.1) is 0 Å². The largest absolute Gasteiger partial charge is 0.384 e. The molecule has 1 aromatic carbocycles. The minimum Gasteiger partial charge on any atom is -0.384 e. The molecule has 2 nitrogen and oxygen atoms in total. The van der Waals surface area contributed by atoms with E-state index in [1.54, 1.807) is 0 Å². The Morgan fingerprint density at radius 1 is 1.24 bits per heavy atom. The summed E-state index contributed by atoms with van der Waals surface area (Å²) in [5.41, 5.74) is 2.89. The van der Waals surface area contributed by atoms with Crippen molar-refractivity contribution in [3.8, 4) is 0 Å². The Morgan fingerprint density at radius 3 is 2.94 bits per heavy atom. The fraction of sp³-hybridized carbons (Fsp3) is 0.600. The Morgan fingerprint density at radius 2 is 2.12 bits per heavy atom. The van der Waals surface area contributed by atoms with Crippen molar-refractivity contribution in [2.45, 2.75) is 25.7 Å². The molecule has 0 saturated carbocycles. The third-order valence-electron chi connectivity index (χ3n) is 4.59. The van der Waals surface area contributed by atoms with Crippen LogP contribution in [0.2, 0.25) is 0 Å². The maximum atomic E-state index is 3.55. The number of rotatable bonds is 2. The summed E-state index contributed by atoms with van der Waals surface area (Å²) in [6.07, 6.45) is 2.74. The molecule has 1 aromatic rings. The van der Waals surface area contributed by atoms with Crippen LogP contribution in [0.1, 0.15) is 31.2 Å². The molecule has 0 bridgehead atoms. The first-order valence-electron chi connectivity index (χ1n) is 6.90. The van der Waals surface area contributed by atoms with Gasteiger partial charge in [0.15, 0.2) is 0 Å². The molecule has 2 aliphatic rings. The first-order valence-corrected chi connectivity index (χ1v) is 6.90. The van der Waals surface area contributed by atoms with E-state index in [1.165, 1.54) is 37.2 Å². The lowest BCUT2D eigenvalue weighted by Gasteiger charge is -2.32. The second-order valence-electron chi connectivity index (χ2n) is 5.54. The standard InChI is InChI=1S/C15H22N2/c1-11(12-5-4-8-16-9-12)14-10-17-15-7-3-2-6-13(14)15/h2-3,6-7,11-12,14,16-17H,4-5,8-10H2,1H3/t11-,12+,14?/m1/s1. The molecule has 2 heteroatoms. The molecule has 92 valence electrons. The Kier molecular flexibility index (Phi) is 3.06. The van der Waals surface area contributed by atoms with Crippen LogP contribution in [-0.4, -0.2) is 19.6 Å². The molecule has 0 spiro atoms. The second-order valence-corrected chi connectivity index (χ2v) is 5.54. The van der Waals surface area contributed by atoms with Gasteiger partial charge in [-0.2, -0.15) is 0 Å². The van der Waals surface area contributed by atoms with Crippen LogP contribution in [-0.2, 0) is 0 Å². The minimum absolute atomic E-state index is 0.705. The van der Waals surface area contributed by atoms with Gasteiger partial charge in [0.1, 0.15) is 0 Å². The van der Waals surface area contributed by atoms with Gasteiger partial charge in [-0.15, -0.1) is 0 Å². The minimum atomic E-state index is 0.705. The van der Waals surface area contributed by atoms with Crippen molar-refractivity contribution < 1.29 is 0 Å². The molecule has 3 rings (SSSR count). The highest BCUT2D eigenvalue weighted by molar-refractivity contribution is 5.57. The molecule has 17 heavy (non-hydrogen) atoms. The molecule has 2 N–H and O–H groups in total. The molecule has 1 unspecified atom stereocenters. The highest BCUT2D eigenvalue weighted by Crippen LogP contribution is 2.40. The molecule has 0 amide bonds. The molecule has 2 aliphatic heterocycles. The van der Waals surface area contributed by atoms with Crippen LogP contribution in [0.3, 0.4) is 0 Å². The monoisotopic (exact) mass is 230 g/mol. The number of piperidine rings is 1. The highest BCUT2D eigenvalue weighted by Gasteiger charge is 2.32. The molecular formula is C15H22N2. The molecule has 0 radical (unpaired) electrons. The summed E-state index contributed by atoms with van der Waals surface area (Å²) < 4.78 is 0. The topological polar surface area (TPSA) is 24.1 Å². The normalized spacial score (nSPS) is 29.5. The second kappa shape index (κ2) is 4.69. The van der Waals surface area contributed by atoms with Gasteiger partial charge in [0, 0.05) is 18.2 Å².